The monoisotopic (exact) mass is 244 g/mol. The van der Waals surface area contributed by atoms with Gasteiger partial charge in [0.05, 0.1) is 0 Å². The van der Waals surface area contributed by atoms with E-state index in [4.69, 9.17) is 0 Å². The highest BCUT2D eigenvalue weighted by Crippen LogP contribution is 2.10. The molecule has 0 unspecified atom stereocenters. The third-order valence-corrected chi connectivity index (χ3v) is 1.98. The SMILES string of the molecule is Ic1ccc2cc[nH]c2n1. The molecule has 0 aliphatic heterocycles. The van der Waals surface area contributed by atoms with Crippen LogP contribution in [-0.4, -0.2) is 9.97 Å². The number of rotatable bonds is 0. The van der Waals surface area contributed by atoms with E-state index >= 15 is 0 Å². The largest absolute Gasteiger partial charge is 0.346 e. The lowest BCUT2D eigenvalue weighted by Crippen LogP contribution is -1.78. The lowest BCUT2D eigenvalue weighted by Gasteiger charge is -1.88. The lowest BCUT2D eigenvalue weighted by atomic mass is 10.3. The molecule has 2 nitrogen and oxygen atoms in total. The molecule has 0 spiro atoms. The van der Waals surface area contributed by atoms with Gasteiger partial charge >= 0.3 is 0 Å². The van der Waals surface area contributed by atoms with E-state index in [0.717, 1.165) is 9.35 Å². The van der Waals surface area contributed by atoms with Crippen molar-refractivity contribution in [2.45, 2.75) is 0 Å². The first-order valence-corrected chi connectivity index (χ1v) is 4.04. The molecular formula is C7H5IN2. The van der Waals surface area contributed by atoms with Crippen LogP contribution in [0, 0.1) is 3.70 Å². The predicted octanol–water partition coefficient (Wildman–Crippen LogP) is 2.17. The number of pyridine rings is 1. The zero-order valence-corrected chi connectivity index (χ0v) is 7.29. The highest BCUT2D eigenvalue weighted by molar-refractivity contribution is 14.1. The zero-order chi connectivity index (χ0) is 6.97. The van der Waals surface area contributed by atoms with Gasteiger partial charge in [0, 0.05) is 11.6 Å². The summed E-state index contributed by atoms with van der Waals surface area (Å²) in [7, 11) is 0. The minimum atomic E-state index is 0.965. The molecule has 0 saturated carbocycles. The Morgan fingerprint density at radius 2 is 2.20 bits per heavy atom. The topological polar surface area (TPSA) is 28.7 Å². The van der Waals surface area contributed by atoms with Crippen molar-refractivity contribution in [3.05, 3.63) is 28.1 Å². The first kappa shape index (κ1) is 6.15. The fourth-order valence-corrected chi connectivity index (χ4v) is 1.33. The van der Waals surface area contributed by atoms with Gasteiger partial charge in [-0.2, -0.15) is 0 Å². The highest BCUT2D eigenvalue weighted by Gasteiger charge is 1.93. The number of fused-ring (bicyclic) bond motifs is 1. The van der Waals surface area contributed by atoms with E-state index in [1.165, 1.54) is 5.39 Å². The molecule has 0 atom stereocenters. The van der Waals surface area contributed by atoms with E-state index < -0.39 is 0 Å². The number of nitrogens with one attached hydrogen (secondary N) is 1. The molecule has 1 N–H and O–H groups in total. The molecule has 50 valence electrons. The Hall–Kier alpha value is -0.580. The van der Waals surface area contributed by atoms with Gasteiger partial charge in [-0.1, -0.05) is 0 Å². The minimum Gasteiger partial charge on any atom is -0.346 e. The first-order chi connectivity index (χ1) is 4.86. The molecular weight excluding hydrogens is 239 g/mol. The van der Waals surface area contributed by atoms with E-state index in [1.807, 2.05) is 18.3 Å². The van der Waals surface area contributed by atoms with Crippen LogP contribution in [0.2, 0.25) is 0 Å². The van der Waals surface area contributed by atoms with Gasteiger partial charge in [0.1, 0.15) is 9.35 Å². The summed E-state index contributed by atoms with van der Waals surface area (Å²) in [6.07, 6.45) is 1.90. The summed E-state index contributed by atoms with van der Waals surface area (Å²) in [5.41, 5.74) is 0.965. The zero-order valence-electron chi connectivity index (χ0n) is 5.13. The van der Waals surface area contributed by atoms with Gasteiger partial charge in [0.2, 0.25) is 0 Å². The molecule has 10 heavy (non-hydrogen) atoms. The number of hydrogen-bond donors (Lipinski definition) is 1. The van der Waals surface area contributed by atoms with E-state index in [9.17, 15) is 0 Å². The van der Waals surface area contributed by atoms with Crippen molar-refractivity contribution in [2.24, 2.45) is 0 Å². The number of halogens is 1. The summed E-state index contributed by atoms with van der Waals surface area (Å²) in [5.74, 6) is 0. The van der Waals surface area contributed by atoms with Crippen molar-refractivity contribution >= 4 is 33.6 Å². The molecule has 0 amide bonds. The van der Waals surface area contributed by atoms with Gasteiger partial charge in [-0.05, 0) is 40.8 Å². The average Bonchev–Trinajstić information content (AvgIpc) is 2.33. The first-order valence-electron chi connectivity index (χ1n) is 2.96. The summed E-state index contributed by atoms with van der Waals surface area (Å²) in [4.78, 5) is 7.31. The molecule has 2 aromatic rings. The quantitative estimate of drug-likeness (QED) is 0.558. The fraction of sp³-hybridized carbons (Fsp3) is 0. The smallest absolute Gasteiger partial charge is 0.138 e. The van der Waals surface area contributed by atoms with E-state index in [-0.39, 0.29) is 0 Å². The van der Waals surface area contributed by atoms with Crippen LogP contribution in [0.25, 0.3) is 11.0 Å². The van der Waals surface area contributed by atoms with E-state index in [1.54, 1.807) is 0 Å². The number of aromatic nitrogens is 2. The van der Waals surface area contributed by atoms with Gasteiger partial charge in [-0.3, -0.25) is 0 Å². The molecule has 2 aromatic heterocycles. The Morgan fingerprint density at radius 3 is 3.10 bits per heavy atom. The molecule has 0 aliphatic carbocycles. The van der Waals surface area contributed by atoms with Crippen molar-refractivity contribution in [3.8, 4) is 0 Å². The van der Waals surface area contributed by atoms with Crippen LogP contribution in [0.3, 0.4) is 0 Å². The van der Waals surface area contributed by atoms with Crippen molar-refractivity contribution in [1.82, 2.24) is 9.97 Å². The summed E-state index contributed by atoms with van der Waals surface area (Å²) in [6, 6.07) is 6.07. The van der Waals surface area contributed by atoms with Crippen molar-refractivity contribution in [2.75, 3.05) is 0 Å². The molecule has 0 fully saturated rings. The fourth-order valence-electron chi connectivity index (χ4n) is 0.907. The van der Waals surface area contributed by atoms with Crippen LogP contribution >= 0.6 is 22.6 Å². The maximum Gasteiger partial charge on any atom is 0.138 e. The molecule has 0 bridgehead atoms. The van der Waals surface area contributed by atoms with Crippen LogP contribution < -0.4 is 0 Å². The van der Waals surface area contributed by atoms with Crippen LogP contribution in [0.4, 0.5) is 0 Å². The Morgan fingerprint density at radius 1 is 1.30 bits per heavy atom. The lowest BCUT2D eigenvalue weighted by molar-refractivity contribution is 1.28. The second kappa shape index (κ2) is 2.23. The summed E-state index contributed by atoms with van der Waals surface area (Å²) in [6.45, 7) is 0. The normalized spacial score (nSPS) is 10.5. The number of nitrogens with zero attached hydrogens (tertiary/aromatic N) is 1. The Bertz CT molecular complexity index is 353. The third kappa shape index (κ3) is 0.901. The molecule has 0 aromatic carbocycles. The second-order valence-electron chi connectivity index (χ2n) is 2.05. The minimum absolute atomic E-state index is 0.965. The number of aromatic amines is 1. The molecule has 0 aliphatic rings. The molecule has 2 heterocycles. The average molecular weight is 244 g/mol. The van der Waals surface area contributed by atoms with Crippen molar-refractivity contribution in [3.63, 3.8) is 0 Å². The third-order valence-electron chi connectivity index (χ3n) is 1.38. The maximum absolute atomic E-state index is 4.27. The Balaban J connectivity index is 2.86. The number of hydrogen-bond acceptors (Lipinski definition) is 1. The maximum atomic E-state index is 4.27. The summed E-state index contributed by atoms with van der Waals surface area (Å²) in [5, 5.41) is 1.17. The van der Waals surface area contributed by atoms with E-state index in [2.05, 4.69) is 38.6 Å². The summed E-state index contributed by atoms with van der Waals surface area (Å²) < 4.78 is 1.02. The highest BCUT2D eigenvalue weighted by atomic mass is 127. The van der Waals surface area contributed by atoms with Gasteiger partial charge in [-0.15, -0.1) is 0 Å². The van der Waals surface area contributed by atoms with Crippen molar-refractivity contribution < 1.29 is 0 Å². The van der Waals surface area contributed by atoms with Crippen LogP contribution in [0.5, 0.6) is 0 Å². The van der Waals surface area contributed by atoms with Gasteiger partial charge in [-0.25, -0.2) is 4.98 Å². The molecule has 0 radical (unpaired) electrons. The van der Waals surface area contributed by atoms with Crippen LogP contribution in [0.1, 0.15) is 0 Å². The standard InChI is InChI=1S/C7H5IN2/c8-6-2-1-5-3-4-9-7(5)10-6/h1-4H,(H,9,10). The van der Waals surface area contributed by atoms with Gasteiger partial charge in [0.15, 0.2) is 0 Å². The van der Waals surface area contributed by atoms with Gasteiger partial charge in [0.25, 0.3) is 0 Å². The predicted molar refractivity (Wildman–Crippen MR) is 48.8 cm³/mol. The van der Waals surface area contributed by atoms with Gasteiger partial charge < -0.3 is 4.98 Å². The van der Waals surface area contributed by atoms with Crippen molar-refractivity contribution in [1.29, 1.82) is 0 Å². The van der Waals surface area contributed by atoms with Crippen LogP contribution in [0.15, 0.2) is 24.4 Å². The molecule has 2 rings (SSSR count). The van der Waals surface area contributed by atoms with E-state index in [0.29, 0.717) is 0 Å². The Labute approximate surface area is 71.8 Å². The second-order valence-corrected chi connectivity index (χ2v) is 3.15. The number of H-pyrrole nitrogens is 1. The van der Waals surface area contributed by atoms with Crippen LogP contribution in [-0.2, 0) is 0 Å². The Kier molecular flexibility index (Phi) is 1.37. The molecule has 3 heteroatoms. The molecule has 0 saturated heterocycles. The summed E-state index contributed by atoms with van der Waals surface area (Å²) >= 11 is 2.19.